The summed E-state index contributed by atoms with van der Waals surface area (Å²) in [6.45, 7) is 7.19. The van der Waals surface area contributed by atoms with Crippen molar-refractivity contribution in [3.05, 3.63) is 69.0 Å². The molecule has 0 fully saturated rings. The molecule has 0 N–H and O–H groups in total. The van der Waals surface area contributed by atoms with Gasteiger partial charge in [0.15, 0.2) is 11.6 Å². The zero-order valence-corrected chi connectivity index (χ0v) is 20.5. The SMILES string of the molecule is CC(C)OP(=O)(OC(C)C)[C@@H](Cc1ccc(F)c(F)c1)c1sc2ccccc2c1Br. The van der Waals surface area contributed by atoms with Crippen LogP contribution in [0.25, 0.3) is 10.1 Å². The largest absolute Gasteiger partial charge is 0.339 e. The molecule has 162 valence electrons. The summed E-state index contributed by atoms with van der Waals surface area (Å²) in [5.74, 6) is -1.86. The Labute approximate surface area is 188 Å². The highest BCUT2D eigenvalue weighted by Gasteiger charge is 2.41. The van der Waals surface area contributed by atoms with Gasteiger partial charge in [0, 0.05) is 19.4 Å². The molecule has 3 aromatic rings. The summed E-state index contributed by atoms with van der Waals surface area (Å²) in [5, 5.41) is 0.994. The molecule has 0 saturated carbocycles. The maximum Gasteiger partial charge on any atom is 0.339 e. The van der Waals surface area contributed by atoms with Crippen LogP contribution in [0.4, 0.5) is 8.78 Å². The summed E-state index contributed by atoms with van der Waals surface area (Å²) < 4.78 is 55.1. The number of rotatable bonds is 8. The van der Waals surface area contributed by atoms with E-state index in [9.17, 15) is 13.3 Å². The number of hydrogen-bond donors (Lipinski definition) is 0. The molecule has 0 bridgehead atoms. The molecule has 1 heterocycles. The Morgan fingerprint density at radius 1 is 1.00 bits per heavy atom. The minimum absolute atomic E-state index is 0.180. The van der Waals surface area contributed by atoms with Crippen molar-refractivity contribution in [1.82, 2.24) is 0 Å². The molecule has 0 spiro atoms. The topological polar surface area (TPSA) is 35.5 Å². The third kappa shape index (κ3) is 5.20. The van der Waals surface area contributed by atoms with Crippen molar-refractivity contribution >= 4 is 44.9 Å². The highest BCUT2D eigenvalue weighted by molar-refractivity contribution is 9.10. The summed E-state index contributed by atoms with van der Waals surface area (Å²) in [6, 6.07) is 11.6. The Hall–Kier alpha value is -1.11. The van der Waals surface area contributed by atoms with Gasteiger partial charge in [0.1, 0.15) is 5.66 Å². The average Bonchev–Trinajstić information content (AvgIpc) is 2.98. The highest BCUT2D eigenvalue weighted by atomic mass is 79.9. The van der Waals surface area contributed by atoms with Gasteiger partial charge < -0.3 is 9.05 Å². The molecule has 1 aromatic heterocycles. The third-order valence-electron chi connectivity index (χ3n) is 4.37. The second kappa shape index (κ2) is 9.58. The van der Waals surface area contributed by atoms with Crippen LogP contribution in [-0.2, 0) is 20.0 Å². The van der Waals surface area contributed by atoms with Gasteiger partial charge in [-0.15, -0.1) is 11.3 Å². The molecule has 3 nitrogen and oxygen atoms in total. The Balaban J connectivity index is 2.16. The van der Waals surface area contributed by atoms with Gasteiger partial charge in [0.05, 0.1) is 12.2 Å². The van der Waals surface area contributed by atoms with Crippen molar-refractivity contribution in [2.75, 3.05) is 0 Å². The second-order valence-corrected chi connectivity index (χ2v) is 11.6. The van der Waals surface area contributed by atoms with Crippen molar-refractivity contribution < 1.29 is 22.4 Å². The fourth-order valence-electron chi connectivity index (χ4n) is 3.24. The zero-order valence-electron chi connectivity index (χ0n) is 17.2. The van der Waals surface area contributed by atoms with Crippen LogP contribution in [0.15, 0.2) is 46.9 Å². The molecule has 0 amide bonds. The van der Waals surface area contributed by atoms with Crippen molar-refractivity contribution in [3.63, 3.8) is 0 Å². The number of hydrogen-bond acceptors (Lipinski definition) is 4. The van der Waals surface area contributed by atoms with Gasteiger partial charge in [-0.3, -0.25) is 4.57 Å². The number of halogens is 3. The predicted molar refractivity (Wildman–Crippen MR) is 122 cm³/mol. The monoisotopic (exact) mass is 516 g/mol. The summed E-state index contributed by atoms with van der Waals surface area (Å²) in [5.41, 5.74) is -0.165. The molecule has 2 aromatic carbocycles. The van der Waals surface area contributed by atoms with Crippen LogP contribution in [0.2, 0.25) is 0 Å². The van der Waals surface area contributed by atoms with E-state index >= 15 is 0 Å². The lowest BCUT2D eigenvalue weighted by Gasteiger charge is -2.30. The van der Waals surface area contributed by atoms with Crippen molar-refractivity contribution in [2.24, 2.45) is 0 Å². The molecule has 0 saturated heterocycles. The van der Waals surface area contributed by atoms with Crippen LogP contribution < -0.4 is 0 Å². The zero-order chi connectivity index (χ0) is 22.1. The first-order valence-corrected chi connectivity index (χ1v) is 12.9. The van der Waals surface area contributed by atoms with E-state index in [0.717, 1.165) is 31.6 Å². The maximum absolute atomic E-state index is 14.1. The van der Waals surface area contributed by atoms with E-state index in [1.807, 2.05) is 24.3 Å². The van der Waals surface area contributed by atoms with E-state index in [4.69, 9.17) is 9.05 Å². The van der Waals surface area contributed by atoms with Gasteiger partial charge in [-0.2, -0.15) is 0 Å². The lowest BCUT2D eigenvalue weighted by Crippen LogP contribution is -2.15. The molecule has 8 heteroatoms. The first kappa shape index (κ1) is 23.6. The minimum Gasteiger partial charge on any atom is -0.305 e. The number of benzene rings is 2. The molecule has 0 aliphatic rings. The van der Waals surface area contributed by atoms with Gasteiger partial charge in [0.2, 0.25) is 0 Å². The van der Waals surface area contributed by atoms with E-state index < -0.39 is 24.9 Å². The van der Waals surface area contributed by atoms with Gasteiger partial charge in [0.25, 0.3) is 0 Å². The van der Waals surface area contributed by atoms with E-state index in [1.165, 1.54) is 17.4 Å². The Bertz CT molecular complexity index is 1070. The summed E-state index contributed by atoms with van der Waals surface area (Å²) >= 11 is 5.15. The first-order chi connectivity index (χ1) is 14.1. The Morgan fingerprint density at radius 3 is 2.20 bits per heavy atom. The molecule has 30 heavy (non-hydrogen) atoms. The van der Waals surface area contributed by atoms with Crippen LogP contribution in [0, 0.1) is 11.6 Å². The normalized spacial score (nSPS) is 13.5. The highest BCUT2D eigenvalue weighted by Crippen LogP contribution is 2.66. The molecular weight excluding hydrogens is 493 g/mol. The summed E-state index contributed by atoms with van der Waals surface area (Å²) in [7, 11) is -3.67. The lowest BCUT2D eigenvalue weighted by molar-refractivity contribution is 0.136. The summed E-state index contributed by atoms with van der Waals surface area (Å²) in [6.07, 6.45) is -0.496. The fourth-order valence-corrected chi connectivity index (χ4v) is 8.42. The first-order valence-electron chi connectivity index (χ1n) is 9.68. The Morgan fingerprint density at radius 2 is 1.63 bits per heavy atom. The molecule has 1 atom stereocenters. The van der Waals surface area contributed by atoms with Gasteiger partial charge in [-0.05, 0) is 73.8 Å². The van der Waals surface area contributed by atoms with E-state index in [0.29, 0.717) is 5.56 Å². The maximum atomic E-state index is 14.1. The third-order valence-corrected chi connectivity index (χ3v) is 9.58. The van der Waals surface area contributed by atoms with Crippen LogP contribution in [0.3, 0.4) is 0 Å². The summed E-state index contributed by atoms with van der Waals surface area (Å²) in [4.78, 5) is 0.797. The van der Waals surface area contributed by atoms with E-state index in [-0.39, 0.29) is 18.6 Å². The molecule has 0 aliphatic carbocycles. The number of fused-ring (bicyclic) bond motifs is 1. The van der Waals surface area contributed by atoms with Gasteiger partial charge in [-0.25, -0.2) is 8.78 Å². The molecule has 0 unspecified atom stereocenters. The average molecular weight is 517 g/mol. The van der Waals surface area contributed by atoms with Gasteiger partial charge in [-0.1, -0.05) is 24.3 Å². The van der Waals surface area contributed by atoms with Crippen molar-refractivity contribution in [2.45, 2.75) is 52.0 Å². The van der Waals surface area contributed by atoms with Gasteiger partial charge >= 0.3 is 7.60 Å². The lowest BCUT2D eigenvalue weighted by atomic mass is 10.1. The number of thiophene rings is 1. The molecular formula is C22H24BrF2O3PS. The quantitative estimate of drug-likeness (QED) is 0.282. The van der Waals surface area contributed by atoms with Crippen LogP contribution >= 0.6 is 34.9 Å². The van der Waals surface area contributed by atoms with E-state index in [2.05, 4.69) is 15.9 Å². The van der Waals surface area contributed by atoms with Crippen LogP contribution in [0.1, 0.15) is 43.8 Å². The van der Waals surface area contributed by atoms with Crippen LogP contribution in [-0.4, -0.2) is 12.2 Å². The molecule has 3 rings (SSSR count). The van der Waals surface area contributed by atoms with Crippen LogP contribution in [0.5, 0.6) is 0 Å². The molecule has 0 radical (unpaired) electrons. The van der Waals surface area contributed by atoms with Crippen molar-refractivity contribution in [1.29, 1.82) is 0 Å². The van der Waals surface area contributed by atoms with E-state index in [1.54, 1.807) is 27.7 Å². The van der Waals surface area contributed by atoms with Crippen molar-refractivity contribution in [3.8, 4) is 0 Å². The Kier molecular flexibility index (Phi) is 7.52. The minimum atomic E-state index is -3.67. The molecule has 0 aliphatic heterocycles. The fraction of sp³-hybridized carbons (Fsp3) is 0.364. The standard InChI is InChI=1S/C22H24BrF2O3PS/c1-13(2)27-29(26,28-14(3)4)19(12-15-9-10-17(24)18(25)11-15)22-21(23)16-7-5-6-8-20(16)30-22/h5-11,13-14,19H,12H2,1-4H3/t19-/m0/s1. The predicted octanol–water partition coefficient (Wildman–Crippen LogP) is 8.27. The smallest absolute Gasteiger partial charge is 0.305 e. The second-order valence-electron chi connectivity index (χ2n) is 7.59.